The van der Waals surface area contributed by atoms with E-state index in [1.807, 2.05) is 18.2 Å². The van der Waals surface area contributed by atoms with E-state index >= 15 is 0 Å². The van der Waals surface area contributed by atoms with Crippen molar-refractivity contribution in [3.05, 3.63) is 85.1 Å². The fraction of sp³-hybridized carbons (Fsp3) is 0.776. The van der Waals surface area contributed by atoms with Crippen LogP contribution in [0.25, 0.3) is 0 Å². The number of nitrogens with one attached hydrogen (secondary N) is 1. The lowest BCUT2D eigenvalue weighted by atomic mass is 9.97. The molecule has 2 fully saturated rings. The number of ether oxygens (including phenoxy) is 4. The second-order valence-electron chi connectivity index (χ2n) is 22.5. The van der Waals surface area contributed by atoms with Gasteiger partial charge in [-0.3, -0.25) is 4.79 Å². The molecule has 0 saturated carbocycles. The van der Waals surface area contributed by atoms with E-state index in [0.717, 1.165) is 64.2 Å². The Morgan fingerprint density at radius 2 is 0.852 bits per heavy atom. The molecule has 0 bridgehead atoms. The molecule has 2 aliphatic heterocycles. The summed E-state index contributed by atoms with van der Waals surface area (Å²) in [5.74, 6) is -0.322. The summed E-state index contributed by atoms with van der Waals surface area (Å²) in [6.45, 7) is 2.65. The van der Waals surface area contributed by atoms with Gasteiger partial charge in [0.25, 0.3) is 0 Å². The summed E-state index contributed by atoms with van der Waals surface area (Å²) in [7, 11) is 0. The minimum absolute atomic E-state index is 0.152. The second-order valence-corrected chi connectivity index (χ2v) is 22.5. The van der Waals surface area contributed by atoms with Gasteiger partial charge >= 0.3 is 0 Å². The Morgan fingerprint density at radius 1 is 0.457 bits per heavy atom. The van der Waals surface area contributed by atoms with E-state index in [1.165, 1.54) is 148 Å². The molecule has 2 heterocycles. The zero-order chi connectivity index (χ0) is 58.8. The Morgan fingerprint density at radius 3 is 1.28 bits per heavy atom. The van der Waals surface area contributed by atoms with Crippen molar-refractivity contribution >= 4 is 5.91 Å². The summed E-state index contributed by atoms with van der Waals surface area (Å²) < 4.78 is 22.8. The van der Waals surface area contributed by atoms with E-state index in [-0.39, 0.29) is 18.9 Å². The van der Waals surface area contributed by atoms with Crippen LogP contribution in [0.1, 0.15) is 239 Å². The van der Waals surface area contributed by atoms with Gasteiger partial charge in [-0.05, 0) is 57.8 Å². The first-order valence-corrected chi connectivity index (χ1v) is 32.3. The lowest BCUT2D eigenvalue weighted by Crippen LogP contribution is -2.65. The molecular formula is C67H117NO13. The lowest BCUT2D eigenvalue weighted by molar-refractivity contribution is -0.359. The molecule has 468 valence electrons. The van der Waals surface area contributed by atoms with Crippen LogP contribution in [0.2, 0.25) is 0 Å². The molecule has 0 spiro atoms. The van der Waals surface area contributed by atoms with E-state index in [9.17, 15) is 45.6 Å². The molecule has 14 heteroatoms. The van der Waals surface area contributed by atoms with Crippen molar-refractivity contribution in [3.63, 3.8) is 0 Å². The summed E-state index contributed by atoms with van der Waals surface area (Å²) in [6, 6.07) is -0.962. The Kier molecular flexibility index (Phi) is 47.3. The third kappa shape index (κ3) is 36.6. The van der Waals surface area contributed by atoms with Crippen molar-refractivity contribution in [1.29, 1.82) is 0 Å². The molecule has 1 amide bonds. The molecule has 81 heavy (non-hydrogen) atoms. The largest absolute Gasteiger partial charge is 0.394 e. The van der Waals surface area contributed by atoms with Gasteiger partial charge in [0.15, 0.2) is 12.6 Å². The van der Waals surface area contributed by atoms with Crippen LogP contribution in [-0.4, -0.2) is 140 Å². The molecule has 0 aromatic carbocycles. The number of unbranched alkanes of at least 4 members (excludes halogenated alkanes) is 26. The van der Waals surface area contributed by atoms with Crippen molar-refractivity contribution in [3.8, 4) is 0 Å². The summed E-state index contributed by atoms with van der Waals surface area (Å²) >= 11 is 0. The van der Waals surface area contributed by atoms with Gasteiger partial charge in [0.1, 0.15) is 48.8 Å². The average Bonchev–Trinajstić information content (AvgIpc) is 3.63. The fourth-order valence-electron chi connectivity index (χ4n) is 10.2. The molecule has 0 aromatic heterocycles. The van der Waals surface area contributed by atoms with Crippen molar-refractivity contribution < 1.29 is 64.6 Å². The Balaban J connectivity index is 1.74. The number of carbonyl (C=O) groups excluding carboxylic acids is 1. The minimum Gasteiger partial charge on any atom is -0.394 e. The number of amides is 1. The number of aliphatic hydroxyl groups is 8. The Labute approximate surface area is 491 Å². The number of aliphatic hydroxyl groups excluding tert-OH is 8. The smallest absolute Gasteiger partial charge is 0.220 e. The highest BCUT2D eigenvalue weighted by Gasteiger charge is 2.51. The molecule has 12 atom stereocenters. The third-order valence-electron chi connectivity index (χ3n) is 15.4. The molecule has 2 saturated heterocycles. The number of hydrogen-bond acceptors (Lipinski definition) is 13. The number of rotatable bonds is 51. The second kappa shape index (κ2) is 51.6. The highest BCUT2D eigenvalue weighted by Crippen LogP contribution is 2.30. The van der Waals surface area contributed by atoms with Crippen LogP contribution < -0.4 is 5.32 Å². The quantitative estimate of drug-likeness (QED) is 0.0204. The molecule has 2 rings (SSSR count). The van der Waals surface area contributed by atoms with E-state index in [0.29, 0.717) is 6.42 Å². The molecule has 0 radical (unpaired) electrons. The third-order valence-corrected chi connectivity index (χ3v) is 15.4. The van der Waals surface area contributed by atoms with Gasteiger partial charge in [0.05, 0.1) is 32.0 Å². The highest BCUT2D eigenvalue weighted by molar-refractivity contribution is 5.76. The molecule has 0 aromatic rings. The van der Waals surface area contributed by atoms with Crippen LogP contribution in [0, 0.1) is 0 Å². The molecule has 9 N–H and O–H groups in total. The van der Waals surface area contributed by atoms with Gasteiger partial charge in [-0.1, -0.05) is 259 Å². The van der Waals surface area contributed by atoms with Crippen molar-refractivity contribution in [2.45, 2.75) is 312 Å². The highest BCUT2D eigenvalue weighted by atomic mass is 16.7. The van der Waals surface area contributed by atoms with Crippen LogP contribution in [-0.2, 0) is 23.7 Å². The van der Waals surface area contributed by atoms with Crippen molar-refractivity contribution in [2.75, 3.05) is 19.8 Å². The first kappa shape index (κ1) is 74.3. The van der Waals surface area contributed by atoms with Gasteiger partial charge in [-0.25, -0.2) is 0 Å². The molecule has 0 aliphatic carbocycles. The van der Waals surface area contributed by atoms with E-state index in [4.69, 9.17) is 18.9 Å². The Bertz CT molecular complexity index is 1680. The summed E-state index contributed by atoms with van der Waals surface area (Å²) in [5, 5.41) is 87.2. The van der Waals surface area contributed by atoms with Gasteiger partial charge in [-0.2, -0.15) is 0 Å². The Hall–Kier alpha value is -2.83. The molecular weight excluding hydrogens is 1030 g/mol. The van der Waals surface area contributed by atoms with Crippen LogP contribution in [0.15, 0.2) is 85.1 Å². The monoisotopic (exact) mass is 1140 g/mol. The standard InChI is InChI=1S/C67H117NO13/c1-3-5-7-9-11-13-15-17-19-21-23-24-25-26-27-28-29-30-31-33-34-36-38-40-42-44-46-48-50-56(71)55(68-59(72)51-49-47-45-43-41-39-37-35-32-22-20-18-16-14-12-10-8-6-4-2)54-78-66-64(77)62(75)65(58(53-70)80-66)81-67-63(76)61(74)60(73)57(52-69)79-67/h6,8,12,14,18,20,32,35,39,41,45,47-48,50,55-58,60-67,69-71,73-77H,3-5,7,9-11,13,15-17,19,21-31,33-34,36-38,40,42-44,46,49,51-54H2,1-2H3,(H,68,72)/b8-6-,14-12-,20-18-,35-32-,41-39-,47-45-,50-48+. The average molecular weight is 1140 g/mol. The van der Waals surface area contributed by atoms with Crippen molar-refractivity contribution in [2.24, 2.45) is 0 Å². The number of allylic oxidation sites excluding steroid dienone is 13. The van der Waals surface area contributed by atoms with E-state index in [1.54, 1.807) is 6.08 Å². The minimum atomic E-state index is -1.80. The zero-order valence-electron chi connectivity index (χ0n) is 50.5. The first-order valence-electron chi connectivity index (χ1n) is 32.3. The topological polar surface area (TPSA) is 228 Å². The first-order chi connectivity index (χ1) is 39.6. The summed E-state index contributed by atoms with van der Waals surface area (Å²) in [4.78, 5) is 13.2. The van der Waals surface area contributed by atoms with Crippen LogP contribution in [0.5, 0.6) is 0 Å². The van der Waals surface area contributed by atoms with Gasteiger partial charge in [0.2, 0.25) is 5.91 Å². The SMILES string of the molecule is CC/C=C\C/C=C\C/C=C\C/C=C\C/C=C\C/C=C\CCC(=O)NC(COC1OC(CO)C(OC2OC(CO)C(O)C(O)C2O)C(O)C1O)C(O)/C=C/CCCCCCCCCCCCCCCCCCCCCCCCCCCC. The summed E-state index contributed by atoms with van der Waals surface area (Å²) in [5.41, 5.74) is 0. The van der Waals surface area contributed by atoms with E-state index in [2.05, 4.69) is 79.9 Å². The maximum atomic E-state index is 13.2. The molecule has 12 unspecified atom stereocenters. The normalized spacial score (nSPS) is 24.7. The zero-order valence-corrected chi connectivity index (χ0v) is 50.5. The fourth-order valence-corrected chi connectivity index (χ4v) is 10.2. The van der Waals surface area contributed by atoms with E-state index < -0.39 is 86.8 Å². The summed E-state index contributed by atoms with van der Waals surface area (Å²) in [6.07, 6.45) is 53.6. The van der Waals surface area contributed by atoms with Crippen molar-refractivity contribution in [1.82, 2.24) is 5.32 Å². The van der Waals surface area contributed by atoms with Gasteiger partial charge in [-0.15, -0.1) is 0 Å². The van der Waals surface area contributed by atoms with Crippen LogP contribution >= 0.6 is 0 Å². The van der Waals surface area contributed by atoms with Gasteiger partial charge < -0.3 is 65.1 Å². The van der Waals surface area contributed by atoms with Crippen LogP contribution in [0.3, 0.4) is 0 Å². The predicted octanol–water partition coefficient (Wildman–Crippen LogP) is 12.1. The lowest BCUT2D eigenvalue weighted by Gasteiger charge is -2.46. The van der Waals surface area contributed by atoms with Crippen LogP contribution in [0.4, 0.5) is 0 Å². The molecule has 14 nitrogen and oxygen atoms in total. The molecule has 2 aliphatic rings. The predicted molar refractivity (Wildman–Crippen MR) is 327 cm³/mol. The van der Waals surface area contributed by atoms with Gasteiger partial charge in [0, 0.05) is 6.42 Å². The maximum Gasteiger partial charge on any atom is 0.220 e. The number of hydrogen-bond donors (Lipinski definition) is 9. The number of carbonyl (C=O) groups is 1. The maximum absolute atomic E-state index is 13.2.